The molecule has 0 saturated heterocycles. The lowest BCUT2D eigenvalue weighted by atomic mass is 10.2. The number of carbonyl (C=O) groups excluding carboxylic acids is 1. The Bertz CT molecular complexity index is 1180. The first kappa shape index (κ1) is 20.2. The van der Waals surface area contributed by atoms with E-state index in [1.807, 2.05) is 42.5 Å². The van der Waals surface area contributed by atoms with Crippen molar-refractivity contribution in [2.75, 3.05) is 12.4 Å². The summed E-state index contributed by atoms with van der Waals surface area (Å²) in [6.45, 7) is 0. The number of rotatable bonds is 5. The highest BCUT2D eigenvalue weighted by Crippen LogP contribution is 2.38. The number of amides is 1. The highest BCUT2D eigenvalue weighted by atomic mass is 79.9. The molecule has 29 heavy (non-hydrogen) atoms. The van der Waals surface area contributed by atoms with Crippen LogP contribution in [0.1, 0.15) is 10.4 Å². The number of benzene rings is 3. The SMILES string of the molecule is COc1ccc(Br)cc1C(=O)Nc1ccc(Sc2nc3ccccc3s2)c(Cl)c1. The van der Waals surface area contributed by atoms with Crippen molar-refractivity contribution in [3.63, 3.8) is 0 Å². The lowest BCUT2D eigenvalue weighted by molar-refractivity contribution is 0.102. The molecule has 0 unspecified atom stereocenters. The van der Waals surface area contributed by atoms with E-state index in [2.05, 4.69) is 26.2 Å². The third-order valence-corrected chi connectivity index (χ3v) is 7.16. The van der Waals surface area contributed by atoms with Crippen molar-refractivity contribution in [3.05, 3.63) is 75.7 Å². The lowest BCUT2D eigenvalue weighted by Gasteiger charge is -2.11. The van der Waals surface area contributed by atoms with Crippen molar-refractivity contribution in [1.82, 2.24) is 4.98 Å². The van der Waals surface area contributed by atoms with Gasteiger partial charge in [-0.1, -0.05) is 51.4 Å². The summed E-state index contributed by atoms with van der Waals surface area (Å²) in [6.07, 6.45) is 0. The molecule has 1 N–H and O–H groups in total. The molecule has 0 atom stereocenters. The number of aromatic nitrogens is 1. The van der Waals surface area contributed by atoms with Gasteiger partial charge in [0.2, 0.25) is 0 Å². The second kappa shape index (κ2) is 8.75. The number of nitrogens with zero attached hydrogens (tertiary/aromatic N) is 1. The maximum Gasteiger partial charge on any atom is 0.259 e. The van der Waals surface area contributed by atoms with Crippen LogP contribution in [0.2, 0.25) is 5.02 Å². The van der Waals surface area contributed by atoms with Gasteiger partial charge in [0.25, 0.3) is 5.91 Å². The predicted octanol–water partition coefficient (Wildman–Crippen LogP) is 7.12. The summed E-state index contributed by atoms with van der Waals surface area (Å²) >= 11 is 13.0. The van der Waals surface area contributed by atoms with Gasteiger partial charge in [-0.2, -0.15) is 0 Å². The summed E-state index contributed by atoms with van der Waals surface area (Å²) in [4.78, 5) is 18.2. The minimum absolute atomic E-state index is 0.272. The quantitative estimate of drug-likeness (QED) is 0.314. The summed E-state index contributed by atoms with van der Waals surface area (Å²) in [5.74, 6) is 0.227. The summed E-state index contributed by atoms with van der Waals surface area (Å²) in [7, 11) is 1.53. The monoisotopic (exact) mass is 504 g/mol. The fraction of sp³-hybridized carbons (Fsp3) is 0.0476. The van der Waals surface area contributed by atoms with Crippen molar-refractivity contribution in [2.45, 2.75) is 9.24 Å². The van der Waals surface area contributed by atoms with Gasteiger partial charge in [-0.05, 0) is 48.5 Å². The van der Waals surface area contributed by atoms with Crippen molar-refractivity contribution in [1.29, 1.82) is 0 Å². The van der Waals surface area contributed by atoms with Crippen LogP contribution in [-0.4, -0.2) is 18.0 Å². The minimum Gasteiger partial charge on any atom is -0.496 e. The Hall–Kier alpha value is -2.06. The van der Waals surface area contributed by atoms with Gasteiger partial charge in [0.05, 0.1) is 27.9 Å². The molecule has 4 rings (SSSR count). The molecule has 1 amide bonds. The Kier molecular flexibility index (Phi) is 6.10. The average Bonchev–Trinajstić information content (AvgIpc) is 3.12. The highest BCUT2D eigenvalue weighted by Gasteiger charge is 2.14. The largest absolute Gasteiger partial charge is 0.496 e. The molecule has 0 aliphatic heterocycles. The van der Waals surface area contributed by atoms with Crippen LogP contribution in [0, 0.1) is 0 Å². The van der Waals surface area contributed by atoms with Crippen molar-refractivity contribution in [2.24, 2.45) is 0 Å². The van der Waals surface area contributed by atoms with Crippen LogP contribution in [0.3, 0.4) is 0 Å². The molecule has 146 valence electrons. The molecule has 0 aliphatic rings. The standard InChI is InChI=1S/C21H14BrClN2O2S2/c1-27-17-8-6-12(22)10-14(17)20(26)24-13-7-9-18(15(23)11-13)28-21-25-16-4-2-3-5-19(16)29-21/h2-11H,1H3,(H,24,26). The Morgan fingerprint density at radius 3 is 2.76 bits per heavy atom. The summed E-state index contributed by atoms with van der Waals surface area (Å²) in [5, 5.41) is 3.42. The maximum absolute atomic E-state index is 12.7. The Morgan fingerprint density at radius 2 is 2.00 bits per heavy atom. The van der Waals surface area contributed by atoms with Crippen molar-refractivity contribution >= 4 is 72.4 Å². The van der Waals surface area contributed by atoms with Gasteiger partial charge >= 0.3 is 0 Å². The predicted molar refractivity (Wildman–Crippen MR) is 124 cm³/mol. The number of anilines is 1. The third kappa shape index (κ3) is 4.59. The fourth-order valence-electron chi connectivity index (χ4n) is 2.71. The molecule has 0 bridgehead atoms. The highest BCUT2D eigenvalue weighted by molar-refractivity contribution is 9.10. The Labute approximate surface area is 189 Å². The molecule has 4 aromatic rings. The second-order valence-corrected chi connectivity index (χ2v) is 9.64. The van der Waals surface area contributed by atoms with E-state index in [9.17, 15) is 4.79 Å². The number of ether oxygens (including phenoxy) is 1. The third-order valence-electron chi connectivity index (χ3n) is 4.07. The zero-order chi connectivity index (χ0) is 20.4. The zero-order valence-corrected chi connectivity index (χ0v) is 19.1. The lowest BCUT2D eigenvalue weighted by Crippen LogP contribution is -2.13. The van der Waals surface area contributed by atoms with Gasteiger partial charge in [-0.25, -0.2) is 4.98 Å². The molecule has 0 saturated carbocycles. The zero-order valence-electron chi connectivity index (χ0n) is 15.1. The molecule has 0 fully saturated rings. The van der Waals surface area contributed by atoms with Crippen molar-refractivity contribution < 1.29 is 9.53 Å². The first-order valence-corrected chi connectivity index (χ1v) is 11.3. The summed E-state index contributed by atoms with van der Waals surface area (Å²) in [5.41, 5.74) is 2.02. The van der Waals surface area contributed by atoms with Gasteiger partial charge in [-0.3, -0.25) is 4.79 Å². The number of halogens is 2. The molecule has 0 spiro atoms. The van der Waals surface area contributed by atoms with Crippen LogP contribution in [0.25, 0.3) is 10.2 Å². The van der Waals surface area contributed by atoms with Crippen LogP contribution < -0.4 is 10.1 Å². The average molecular weight is 506 g/mol. The van der Waals surface area contributed by atoms with Gasteiger partial charge in [-0.15, -0.1) is 11.3 Å². The first-order valence-electron chi connectivity index (χ1n) is 8.51. The number of carbonyl (C=O) groups is 1. The smallest absolute Gasteiger partial charge is 0.259 e. The van der Waals surface area contributed by atoms with E-state index in [4.69, 9.17) is 16.3 Å². The molecular formula is C21H14BrClN2O2S2. The molecular weight excluding hydrogens is 492 g/mol. The molecule has 0 radical (unpaired) electrons. The van der Waals surface area contributed by atoms with Gasteiger partial charge in [0.15, 0.2) is 4.34 Å². The van der Waals surface area contributed by atoms with Gasteiger partial charge in [0, 0.05) is 15.1 Å². The van der Waals surface area contributed by atoms with E-state index in [1.54, 1.807) is 29.5 Å². The van der Waals surface area contributed by atoms with E-state index in [-0.39, 0.29) is 5.91 Å². The van der Waals surface area contributed by atoms with Crippen LogP contribution in [0.4, 0.5) is 5.69 Å². The molecule has 1 aromatic heterocycles. The van der Waals surface area contributed by atoms with E-state index in [1.165, 1.54) is 18.9 Å². The van der Waals surface area contributed by atoms with E-state index in [0.717, 1.165) is 23.9 Å². The Morgan fingerprint density at radius 1 is 1.17 bits per heavy atom. The molecule has 0 aliphatic carbocycles. The Balaban J connectivity index is 1.52. The van der Waals surface area contributed by atoms with Gasteiger partial charge < -0.3 is 10.1 Å². The van der Waals surface area contributed by atoms with Crippen LogP contribution in [0.5, 0.6) is 5.75 Å². The summed E-state index contributed by atoms with van der Waals surface area (Å²) < 4.78 is 8.13. The molecule has 4 nitrogen and oxygen atoms in total. The topological polar surface area (TPSA) is 51.2 Å². The number of methoxy groups -OCH3 is 1. The van der Waals surface area contributed by atoms with E-state index >= 15 is 0 Å². The number of hydrogen-bond acceptors (Lipinski definition) is 5. The minimum atomic E-state index is -0.272. The maximum atomic E-state index is 12.7. The van der Waals surface area contributed by atoms with E-state index in [0.29, 0.717) is 22.0 Å². The molecule has 3 aromatic carbocycles. The van der Waals surface area contributed by atoms with Crippen LogP contribution >= 0.6 is 50.6 Å². The van der Waals surface area contributed by atoms with Crippen LogP contribution in [-0.2, 0) is 0 Å². The number of nitrogens with one attached hydrogen (secondary N) is 1. The number of para-hydroxylation sites is 1. The number of fused-ring (bicyclic) bond motifs is 1. The molecule has 1 heterocycles. The molecule has 8 heteroatoms. The number of thiazole rings is 1. The van der Waals surface area contributed by atoms with Crippen molar-refractivity contribution in [3.8, 4) is 5.75 Å². The van der Waals surface area contributed by atoms with Crippen LogP contribution in [0.15, 0.2) is 74.4 Å². The summed E-state index contributed by atoms with van der Waals surface area (Å²) in [6, 6.07) is 18.7. The van der Waals surface area contributed by atoms with Gasteiger partial charge in [0.1, 0.15) is 5.75 Å². The second-order valence-electron chi connectivity index (χ2n) is 5.99. The first-order chi connectivity index (χ1) is 14.0. The number of hydrogen-bond donors (Lipinski definition) is 1. The fourth-order valence-corrected chi connectivity index (χ4v) is 5.39. The normalized spacial score (nSPS) is 10.9. The van der Waals surface area contributed by atoms with E-state index < -0.39 is 0 Å².